The Morgan fingerprint density at radius 3 is 2.67 bits per heavy atom. The van der Waals surface area contributed by atoms with Crippen LogP contribution in [-0.2, 0) is 22.5 Å². The van der Waals surface area contributed by atoms with Crippen LogP contribution in [0.1, 0.15) is 43.6 Å². The number of nitrogens with zero attached hydrogens (tertiary/aromatic N) is 1. The van der Waals surface area contributed by atoms with E-state index < -0.39 is 5.97 Å². The molecule has 5 heteroatoms. The second kappa shape index (κ2) is 7.41. The Hall–Kier alpha value is -3.47. The molecule has 1 aliphatic rings. The van der Waals surface area contributed by atoms with Crippen molar-refractivity contribution in [3.8, 4) is 0 Å². The first-order valence-corrected chi connectivity index (χ1v) is 8.66. The minimum Gasteiger partial charge on any atom is -0.456 e. The molecule has 5 nitrogen and oxygen atoms in total. The molecule has 1 aliphatic heterocycles. The maximum Gasteiger partial charge on any atom is 0.339 e. The van der Waals surface area contributed by atoms with Crippen LogP contribution in [0.3, 0.4) is 0 Å². The van der Waals surface area contributed by atoms with Crippen LogP contribution in [0.15, 0.2) is 72.9 Å². The summed E-state index contributed by atoms with van der Waals surface area (Å²) in [5, 5.41) is 0. The van der Waals surface area contributed by atoms with Gasteiger partial charge in [-0.3, -0.25) is 4.98 Å². The van der Waals surface area contributed by atoms with E-state index in [1.807, 2.05) is 36.4 Å². The summed E-state index contributed by atoms with van der Waals surface area (Å²) in [4.78, 5) is 28.8. The first kappa shape index (κ1) is 17.0. The molecule has 0 saturated heterocycles. The third-order valence-electron chi connectivity index (χ3n) is 4.46. The van der Waals surface area contributed by atoms with E-state index >= 15 is 0 Å². The van der Waals surface area contributed by atoms with Crippen LogP contribution in [0.2, 0.25) is 0 Å². The van der Waals surface area contributed by atoms with Crippen molar-refractivity contribution in [2.45, 2.75) is 19.1 Å². The van der Waals surface area contributed by atoms with E-state index in [0.717, 1.165) is 11.1 Å². The largest absolute Gasteiger partial charge is 0.456 e. The molecule has 1 aromatic heterocycles. The Kier molecular flexibility index (Phi) is 4.66. The first-order valence-electron chi connectivity index (χ1n) is 8.66. The van der Waals surface area contributed by atoms with E-state index in [0.29, 0.717) is 23.2 Å². The van der Waals surface area contributed by atoms with Gasteiger partial charge >= 0.3 is 11.9 Å². The topological polar surface area (TPSA) is 65.5 Å². The fraction of sp³-hybridized carbons (Fsp3) is 0.136. The smallest absolute Gasteiger partial charge is 0.339 e. The lowest BCUT2D eigenvalue weighted by Crippen LogP contribution is -2.22. The van der Waals surface area contributed by atoms with Crippen molar-refractivity contribution < 1.29 is 19.1 Å². The van der Waals surface area contributed by atoms with Gasteiger partial charge in [-0.15, -0.1) is 0 Å². The van der Waals surface area contributed by atoms with Gasteiger partial charge in [0.15, 0.2) is 0 Å². The average molecular weight is 359 g/mol. The molecule has 0 radical (unpaired) electrons. The molecule has 4 rings (SSSR count). The van der Waals surface area contributed by atoms with Crippen LogP contribution in [0.4, 0.5) is 0 Å². The Balaban J connectivity index is 1.52. The third kappa shape index (κ3) is 3.72. The van der Waals surface area contributed by atoms with Crippen molar-refractivity contribution in [2.75, 3.05) is 0 Å². The molecule has 0 spiro atoms. The van der Waals surface area contributed by atoms with Gasteiger partial charge < -0.3 is 9.47 Å². The quantitative estimate of drug-likeness (QED) is 0.661. The molecule has 2 aromatic carbocycles. The van der Waals surface area contributed by atoms with Gasteiger partial charge in [-0.25, -0.2) is 9.59 Å². The van der Waals surface area contributed by atoms with Crippen LogP contribution in [0.25, 0.3) is 0 Å². The number of rotatable bonds is 4. The Morgan fingerprint density at radius 2 is 1.89 bits per heavy atom. The highest BCUT2D eigenvalue weighted by Crippen LogP contribution is 2.31. The van der Waals surface area contributed by atoms with Gasteiger partial charge in [0.25, 0.3) is 0 Å². The number of benzene rings is 2. The van der Waals surface area contributed by atoms with Gasteiger partial charge in [-0.1, -0.05) is 36.4 Å². The molecule has 0 aliphatic carbocycles. The van der Waals surface area contributed by atoms with E-state index in [1.54, 1.807) is 36.5 Å². The molecule has 27 heavy (non-hydrogen) atoms. The van der Waals surface area contributed by atoms with Crippen molar-refractivity contribution in [3.63, 3.8) is 0 Å². The van der Waals surface area contributed by atoms with Crippen molar-refractivity contribution >= 4 is 11.9 Å². The van der Waals surface area contributed by atoms with Crippen LogP contribution in [0.5, 0.6) is 0 Å². The van der Waals surface area contributed by atoms with Crippen LogP contribution >= 0.6 is 0 Å². The highest BCUT2D eigenvalue weighted by atomic mass is 16.5. The Morgan fingerprint density at radius 1 is 1.07 bits per heavy atom. The zero-order valence-electron chi connectivity index (χ0n) is 14.5. The first-order chi connectivity index (χ1) is 13.2. The van der Waals surface area contributed by atoms with E-state index in [4.69, 9.17) is 9.47 Å². The summed E-state index contributed by atoms with van der Waals surface area (Å²) in [5.41, 5.74) is 3.29. The highest BCUT2D eigenvalue weighted by Gasteiger charge is 2.28. The molecule has 0 N–H and O–H groups in total. The van der Waals surface area contributed by atoms with Crippen molar-refractivity contribution in [3.05, 3.63) is 101 Å². The van der Waals surface area contributed by atoms with E-state index in [2.05, 4.69) is 4.98 Å². The zero-order valence-corrected chi connectivity index (χ0v) is 14.5. The molecule has 1 unspecified atom stereocenters. The molecule has 134 valence electrons. The lowest BCUT2D eigenvalue weighted by molar-refractivity contribution is 0.0251. The number of hydrogen-bond acceptors (Lipinski definition) is 5. The van der Waals surface area contributed by atoms with Crippen molar-refractivity contribution in [1.82, 2.24) is 4.98 Å². The minimum atomic E-state index is -0.446. The van der Waals surface area contributed by atoms with Crippen LogP contribution in [0, 0.1) is 0 Å². The number of pyridine rings is 1. The zero-order chi connectivity index (χ0) is 18.6. The van der Waals surface area contributed by atoms with Crippen LogP contribution in [-0.4, -0.2) is 16.9 Å². The van der Waals surface area contributed by atoms with Crippen molar-refractivity contribution in [2.24, 2.45) is 0 Å². The maximum atomic E-state index is 12.4. The fourth-order valence-corrected chi connectivity index (χ4v) is 3.08. The van der Waals surface area contributed by atoms with E-state index in [1.165, 1.54) is 0 Å². The van der Waals surface area contributed by atoms with E-state index in [9.17, 15) is 9.59 Å². The van der Waals surface area contributed by atoms with Crippen LogP contribution < -0.4 is 0 Å². The lowest BCUT2D eigenvalue weighted by atomic mass is 9.93. The standard InChI is InChI=1S/C22H17NO4/c24-21(26-14-18-8-4-5-11-23-18)16-9-10-19-17(12-16)13-20(27-22(19)25)15-6-2-1-3-7-15/h1-12,20H,13-14H2. The minimum absolute atomic E-state index is 0.103. The molecular weight excluding hydrogens is 342 g/mol. The second-order valence-electron chi connectivity index (χ2n) is 6.28. The molecule has 1 atom stereocenters. The number of hydrogen-bond donors (Lipinski definition) is 0. The fourth-order valence-electron chi connectivity index (χ4n) is 3.08. The normalized spacial score (nSPS) is 15.6. The number of esters is 2. The molecule has 3 aromatic rings. The molecule has 0 fully saturated rings. The summed E-state index contributed by atoms with van der Waals surface area (Å²) in [6.45, 7) is 0.103. The van der Waals surface area contributed by atoms with Crippen molar-refractivity contribution in [1.29, 1.82) is 0 Å². The van der Waals surface area contributed by atoms with Gasteiger partial charge in [-0.05, 0) is 41.5 Å². The monoisotopic (exact) mass is 359 g/mol. The van der Waals surface area contributed by atoms with Gasteiger partial charge in [-0.2, -0.15) is 0 Å². The van der Waals surface area contributed by atoms with Gasteiger partial charge in [0.05, 0.1) is 16.8 Å². The number of fused-ring (bicyclic) bond motifs is 1. The molecule has 0 amide bonds. The Labute approximate surface area is 156 Å². The lowest BCUT2D eigenvalue weighted by Gasteiger charge is -2.25. The maximum absolute atomic E-state index is 12.4. The molecule has 2 heterocycles. The van der Waals surface area contributed by atoms with E-state index in [-0.39, 0.29) is 18.7 Å². The summed E-state index contributed by atoms with van der Waals surface area (Å²) in [5.74, 6) is -0.822. The highest BCUT2D eigenvalue weighted by molar-refractivity contribution is 5.95. The van der Waals surface area contributed by atoms with Gasteiger partial charge in [0.1, 0.15) is 12.7 Å². The van der Waals surface area contributed by atoms with Gasteiger partial charge in [0.2, 0.25) is 0 Å². The predicted octanol–water partition coefficient (Wildman–Crippen LogP) is 3.89. The average Bonchev–Trinajstić information content (AvgIpc) is 2.73. The number of cyclic esters (lactones) is 1. The Bertz CT molecular complexity index is 970. The van der Waals surface area contributed by atoms with Gasteiger partial charge in [0, 0.05) is 12.6 Å². The number of aromatic nitrogens is 1. The predicted molar refractivity (Wildman–Crippen MR) is 98.1 cm³/mol. The SMILES string of the molecule is O=C(OCc1ccccn1)c1ccc2c(c1)CC(c1ccccc1)OC2=O. The summed E-state index contributed by atoms with van der Waals surface area (Å²) < 4.78 is 10.9. The third-order valence-corrected chi connectivity index (χ3v) is 4.46. The molecular formula is C22H17NO4. The number of carbonyl (C=O) groups is 2. The second-order valence-corrected chi connectivity index (χ2v) is 6.28. The summed E-state index contributed by atoms with van der Waals surface area (Å²) in [6.07, 6.45) is 1.81. The molecule has 0 saturated carbocycles. The summed E-state index contributed by atoms with van der Waals surface area (Å²) in [6, 6.07) is 19.9. The molecule has 0 bridgehead atoms. The number of ether oxygens (including phenoxy) is 2. The summed E-state index contributed by atoms with van der Waals surface area (Å²) >= 11 is 0. The summed E-state index contributed by atoms with van der Waals surface area (Å²) in [7, 11) is 0. The number of carbonyl (C=O) groups excluding carboxylic acids is 2.